The second-order valence-electron chi connectivity index (χ2n) is 4.80. The Balaban J connectivity index is 2.18. The molecule has 0 atom stereocenters. The van der Waals surface area contributed by atoms with E-state index in [1.165, 1.54) is 32.9 Å². The maximum Gasteiger partial charge on any atom is 0.141 e. The summed E-state index contributed by atoms with van der Waals surface area (Å²) in [4.78, 5) is 0. The topological polar surface area (TPSA) is 13.1 Å². The molecule has 0 bridgehead atoms. The average Bonchev–Trinajstić information content (AvgIpc) is 2.92. The monoisotopic (exact) mass is 220 g/mol. The maximum atomic E-state index is 5.60. The lowest BCUT2D eigenvalue weighted by Crippen LogP contribution is -1.86. The minimum atomic E-state index is 1.01. The standard InChI is InChI=1S/C16H12O/c1-10-8-12-3-5-14-13(15(12)9-10)4-2-11-6-7-17-16(11)14/h2-8H,9H2,1H3. The Hall–Kier alpha value is -2.02. The molecule has 1 aliphatic rings. The Morgan fingerprint density at radius 1 is 1.00 bits per heavy atom. The Morgan fingerprint density at radius 3 is 2.82 bits per heavy atom. The van der Waals surface area contributed by atoms with E-state index in [2.05, 4.69) is 37.3 Å². The first-order valence-electron chi connectivity index (χ1n) is 5.92. The van der Waals surface area contributed by atoms with Crippen LogP contribution in [0.1, 0.15) is 18.1 Å². The molecule has 3 aromatic rings. The quantitative estimate of drug-likeness (QED) is 0.542. The predicted octanol–water partition coefficient (Wildman–Crippen LogP) is 4.55. The molecule has 0 amide bonds. The van der Waals surface area contributed by atoms with Crippen molar-refractivity contribution in [2.24, 2.45) is 0 Å². The molecule has 0 unspecified atom stereocenters. The minimum absolute atomic E-state index is 1.01. The predicted molar refractivity (Wildman–Crippen MR) is 71.1 cm³/mol. The molecule has 4 rings (SSSR count). The summed E-state index contributed by atoms with van der Waals surface area (Å²) in [7, 11) is 0. The van der Waals surface area contributed by atoms with Crippen LogP contribution >= 0.6 is 0 Å². The van der Waals surface area contributed by atoms with E-state index in [1.54, 1.807) is 6.26 Å². The van der Waals surface area contributed by atoms with Crippen molar-refractivity contribution in [3.05, 3.63) is 53.3 Å². The summed E-state index contributed by atoms with van der Waals surface area (Å²) in [5, 5.41) is 3.74. The van der Waals surface area contributed by atoms with E-state index in [0.29, 0.717) is 0 Å². The van der Waals surface area contributed by atoms with Gasteiger partial charge in [0.2, 0.25) is 0 Å². The summed E-state index contributed by atoms with van der Waals surface area (Å²) in [5.74, 6) is 0. The first kappa shape index (κ1) is 9.06. The molecule has 17 heavy (non-hydrogen) atoms. The molecule has 0 aliphatic heterocycles. The van der Waals surface area contributed by atoms with Gasteiger partial charge in [-0.15, -0.1) is 0 Å². The zero-order valence-corrected chi connectivity index (χ0v) is 9.66. The lowest BCUT2D eigenvalue weighted by Gasteiger charge is -2.05. The molecule has 1 heteroatoms. The molecule has 0 radical (unpaired) electrons. The number of benzene rings is 2. The Kier molecular flexibility index (Phi) is 1.60. The van der Waals surface area contributed by atoms with Gasteiger partial charge in [0.15, 0.2) is 0 Å². The van der Waals surface area contributed by atoms with Gasteiger partial charge in [0.1, 0.15) is 5.58 Å². The van der Waals surface area contributed by atoms with Gasteiger partial charge >= 0.3 is 0 Å². The van der Waals surface area contributed by atoms with Crippen LogP contribution in [0.25, 0.3) is 27.8 Å². The van der Waals surface area contributed by atoms with Crippen LogP contribution in [0.15, 0.2) is 46.6 Å². The van der Waals surface area contributed by atoms with Crippen molar-refractivity contribution >= 4 is 27.8 Å². The van der Waals surface area contributed by atoms with Crippen LogP contribution in [0.5, 0.6) is 0 Å². The maximum absolute atomic E-state index is 5.60. The molecule has 0 saturated carbocycles. The highest BCUT2D eigenvalue weighted by Gasteiger charge is 2.14. The van der Waals surface area contributed by atoms with Crippen molar-refractivity contribution in [2.45, 2.75) is 13.3 Å². The highest BCUT2D eigenvalue weighted by Crippen LogP contribution is 2.35. The second-order valence-corrected chi connectivity index (χ2v) is 4.80. The Bertz CT molecular complexity index is 775. The van der Waals surface area contributed by atoms with E-state index in [4.69, 9.17) is 4.42 Å². The number of hydrogen-bond donors (Lipinski definition) is 0. The highest BCUT2D eigenvalue weighted by molar-refractivity contribution is 6.06. The average molecular weight is 220 g/mol. The minimum Gasteiger partial charge on any atom is -0.464 e. The van der Waals surface area contributed by atoms with Crippen molar-refractivity contribution in [3.63, 3.8) is 0 Å². The third-order valence-corrected chi connectivity index (χ3v) is 3.62. The first-order chi connectivity index (χ1) is 8.33. The summed E-state index contributed by atoms with van der Waals surface area (Å²) in [5.41, 5.74) is 5.25. The molecule has 1 nitrogen and oxygen atoms in total. The summed E-state index contributed by atoms with van der Waals surface area (Å²) in [6.07, 6.45) is 5.11. The van der Waals surface area contributed by atoms with Gasteiger partial charge in [-0.1, -0.05) is 29.8 Å². The van der Waals surface area contributed by atoms with Gasteiger partial charge in [-0.2, -0.15) is 0 Å². The van der Waals surface area contributed by atoms with Crippen molar-refractivity contribution in [2.75, 3.05) is 0 Å². The molecule has 0 saturated heterocycles. The van der Waals surface area contributed by atoms with Gasteiger partial charge in [0.05, 0.1) is 6.26 Å². The van der Waals surface area contributed by atoms with Crippen LogP contribution in [0.2, 0.25) is 0 Å². The third kappa shape index (κ3) is 1.14. The van der Waals surface area contributed by atoms with Crippen LogP contribution < -0.4 is 0 Å². The third-order valence-electron chi connectivity index (χ3n) is 3.62. The van der Waals surface area contributed by atoms with E-state index >= 15 is 0 Å². The molecule has 0 spiro atoms. The summed E-state index contributed by atoms with van der Waals surface area (Å²) in [6, 6.07) is 10.8. The van der Waals surface area contributed by atoms with Gasteiger partial charge < -0.3 is 4.42 Å². The highest BCUT2D eigenvalue weighted by atomic mass is 16.3. The van der Waals surface area contributed by atoms with Gasteiger partial charge in [-0.05, 0) is 42.0 Å². The number of fused-ring (bicyclic) bond motifs is 5. The van der Waals surface area contributed by atoms with Gasteiger partial charge in [-0.3, -0.25) is 0 Å². The number of furan rings is 1. The fraction of sp³-hybridized carbons (Fsp3) is 0.125. The van der Waals surface area contributed by atoms with Gasteiger partial charge in [0.25, 0.3) is 0 Å². The van der Waals surface area contributed by atoms with E-state index in [-0.39, 0.29) is 0 Å². The number of allylic oxidation sites excluding steroid dienone is 1. The normalized spacial score (nSPS) is 14.3. The molecule has 2 aromatic carbocycles. The van der Waals surface area contributed by atoms with Crippen LogP contribution in [0.4, 0.5) is 0 Å². The van der Waals surface area contributed by atoms with E-state index in [1.807, 2.05) is 6.07 Å². The summed E-state index contributed by atoms with van der Waals surface area (Å²) >= 11 is 0. The lowest BCUT2D eigenvalue weighted by atomic mass is 9.99. The molecular formula is C16H12O. The SMILES string of the molecule is CC1=Cc2ccc3c(ccc4ccoc43)c2C1. The van der Waals surface area contributed by atoms with E-state index < -0.39 is 0 Å². The Labute approximate surface area is 99.4 Å². The van der Waals surface area contributed by atoms with Crippen LogP contribution in [-0.2, 0) is 6.42 Å². The fourth-order valence-electron chi connectivity index (χ4n) is 2.84. The largest absolute Gasteiger partial charge is 0.464 e. The molecule has 1 aromatic heterocycles. The fourth-order valence-corrected chi connectivity index (χ4v) is 2.84. The summed E-state index contributed by atoms with van der Waals surface area (Å²) in [6.45, 7) is 2.19. The Morgan fingerprint density at radius 2 is 1.88 bits per heavy atom. The van der Waals surface area contributed by atoms with Crippen LogP contribution in [0, 0.1) is 0 Å². The molecule has 0 fully saturated rings. The molecule has 1 heterocycles. The van der Waals surface area contributed by atoms with Crippen molar-refractivity contribution in [1.29, 1.82) is 0 Å². The van der Waals surface area contributed by atoms with Gasteiger partial charge in [-0.25, -0.2) is 0 Å². The molecule has 1 aliphatic carbocycles. The zero-order chi connectivity index (χ0) is 11.4. The van der Waals surface area contributed by atoms with Gasteiger partial charge in [0, 0.05) is 10.8 Å². The molecular weight excluding hydrogens is 208 g/mol. The molecule has 82 valence electrons. The van der Waals surface area contributed by atoms with E-state index in [0.717, 1.165) is 12.0 Å². The number of rotatable bonds is 0. The van der Waals surface area contributed by atoms with Crippen LogP contribution in [0.3, 0.4) is 0 Å². The van der Waals surface area contributed by atoms with Crippen LogP contribution in [-0.4, -0.2) is 0 Å². The number of hydrogen-bond acceptors (Lipinski definition) is 1. The van der Waals surface area contributed by atoms with Crippen molar-refractivity contribution in [1.82, 2.24) is 0 Å². The lowest BCUT2D eigenvalue weighted by molar-refractivity contribution is 0.619. The van der Waals surface area contributed by atoms with Crippen molar-refractivity contribution < 1.29 is 4.42 Å². The smallest absolute Gasteiger partial charge is 0.141 e. The molecule has 0 N–H and O–H groups in total. The van der Waals surface area contributed by atoms with E-state index in [9.17, 15) is 0 Å². The second kappa shape index (κ2) is 3.01. The zero-order valence-electron chi connectivity index (χ0n) is 9.66. The first-order valence-corrected chi connectivity index (χ1v) is 5.92. The summed E-state index contributed by atoms with van der Waals surface area (Å²) < 4.78 is 5.60. The van der Waals surface area contributed by atoms with Crippen molar-refractivity contribution in [3.8, 4) is 0 Å².